The van der Waals surface area contributed by atoms with Crippen molar-refractivity contribution in [1.82, 2.24) is 15.1 Å². The van der Waals surface area contributed by atoms with Gasteiger partial charge in [-0.3, -0.25) is 14.5 Å². The van der Waals surface area contributed by atoms with Crippen molar-refractivity contribution in [2.24, 2.45) is 0 Å². The first-order valence-corrected chi connectivity index (χ1v) is 11.2. The Bertz CT molecular complexity index is 1040. The van der Waals surface area contributed by atoms with E-state index in [4.69, 9.17) is 11.6 Å². The van der Waals surface area contributed by atoms with E-state index < -0.39 is 12.1 Å². The number of imide groups is 1. The van der Waals surface area contributed by atoms with Crippen LogP contribution in [0.3, 0.4) is 0 Å². The first-order chi connectivity index (χ1) is 15.3. The van der Waals surface area contributed by atoms with Gasteiger partial charge >= 0.3 is 6.03 Å². The van der Waals surface area contributed by atoms with Gasteiger partial charge in [0.25, 0.3) is 0 Å². The van der Waals surface area contributed by atoms with Crippen molar-refractivity contribution >= 4 is 35.1 Å². The lowest BCUT2D eigenvalue weighted by molar-refractivity contribution is -0.138. The van der Waals surface area contributed by atoms with Gasteiger partial charge < -0.3 is 15.5 Å². The highest BCUT2D eigenvalue weighted by Gasteiger charge is 2.47. The Morgan fingerprint density at radius 2 is 1.91 bits per heavy atom. The summed E-state index contributed by atoms with van der Waals surface area (Å²) in [6, 6.07) is 11.6. The molecule has 7 nitrogen and oxygen atoms in total. The number of nitrogens with one attached hydrogen (secondary N) is 2. The van der Waals surface area contributed by atoms with Crippen molar-refractivity contribution in [2.75, 3.05) is 18.4 Å². The molecule has 0 spiro atoms. The summed E-state index contributed by atoms with van der Waals surface area (Å²) in [5, 5.41) is 6.76. The summed E-state index contributed by atoms with van der Waals surface area (Å²) < 4.78 is 0. The summed E-state index contributed by atoms with van der Waals surface area (Å²) in [6.45, 7) is 4.61. The van der Waals surface area contributed by atoms with Crippen LogP contribution < -0.4 is 10.6 Å². The summed E-state index contributed by atoms with van der Waals surface area (Å²) in [6.07, 6.45) is 1.52. The Morgan fingerprint density at radius 3 is 2.66 bits per heavy atom. The number of carbonyl (C=O) groups is 3. The molecular weight excluding hydrogens is 428 g/mol. The van der Waals surface area contributed by atoms with E-state index in [-0.39, 0.29) is 30.9 Å². The molecule has 0 bridgehead atoms. The summed E-state index contributed by atoms with van der Waals surface area (Å²) in [7, 11) is 0. The predicted molar refractivity (Wildman–Crippen MR) is 123 cm³/mol. The van der Waals surface area contributed by atoms with Crippen molar-refractivity contribution in [3.05, 3.63) is 64.2 Å². The quantitative estimate of drug-likeness (QED) is 0.724. The number of hydrogen-bond donors (Lipinski definition) is 2. The zero-order valence-electron chi connectivity index (χ0n) is 18.2. The number of fused-ring (bicyclic) bond motifs is 1. The molecular formula is C24H27ClN4O3. The Morgan fingerprint density at radius 1 is 1.16 bits per heavy atom. The molecule has 4 amide bonds. The van der Waals surface area contributed by atoms with Crippen molar-refractivity contribution in [2.45, 2.75) is 45.3 Å². The lowest BCUT2D eigenvalue weighted by atomic mass is 9.93. The number of rotatable bonds is 5. The van der Waals surface area contributed by atoms with E-state index in [0.717, 1.165) is 28.8 Å². The summed E-state index contributed by atoms with van der Waals surface area (Å²) in [4.78, 5) is 42.2. The maximum atomic E-state index is 13.4. The molecule has 2 unspecified atom stereocenters. The number of halogens is 1. The van der Waals surface area contributed by atoms with E-state index in [1.54, 1.807) is 24.3 Å². The van der Waals surface area contributed by atoms with Crippen LogP contribution in [0, 0.1) is 13.8 Å². The molecule has 168 valence electrons. The third-order valence-corrected chi connectivity index (χ3v) is 6.32. The molecule has 0 saturated carbocycles. The molecule has 32 heavy (non-hydrogen) atoms. The van der Waals surface area contributed by atoms with Crippen LogP contribution >= 0.6 is 11.6 Å². The smallest absolute Gasteiger partial charge is 0.324 e. The van der Waals surface area contributed by atoms with E-state index in [2.05, 4.69) is 10.6 Å². The van der Waals surface area contributed by atoms with Gasteiger partial charge in [-0.2, -0.15) is 0 Å². The fraction of sp³-hybridized carbons (Fsp3) is 0.375. The van der Waals surface area contributed by atoms with Crippen molar-refractivity contribution in [3.63, 3.8) is 0 Å². The van der Waals surface area contributed by atoms with Crippen molar-refractivity contribution < 1.29 is 14.4 Å². The molecule has 0 radical (unpaired) electrons. The molecule has 4 rings (SSSR count). The van der Waals surface area contributed by atoms with Gasteiger partial charge in [0.2, 0.25) is 11.8 Å². The first-order valence-electron chi connectivity index (χ1n) is 10.8. The lowest BCUT2D eigenvalue weighted by Gasteiger charge is -2.46. The molecule has 2 aromatic rings. The molecule has 2 heterocycles. The van der Waals surface area contributed by atoms with Crippen LogP contribution in [0.4, 0.5) is 10.5 Å². The number of aryl methyl sites for hydroxylation is 2. The SMILES string of the molecule is Cc1ccc(C)c(NC(=O)CN2C(=O)N(Cc3ccc(Cl)cc3)C(=O)C3NCCCC32)c1. The second-order valence-electron chi connectivity index (χ2n) is 8.47. The van der Waals surface area contributed by atoms with Crippen molar-refractivity contribution in [3.8, 4) is 0 Å². The Kier molecular flexibility index (Phi) is 6.48. The number of benzene rings is 2. The van der Waals surface area contributed by atoms with Crippen LogP contribution in [-0.2, 0) is 16.1 Å². The lowest BCUT2D eigenvalue weighted by Crippen LogP contribution is -2.70. The highest BCUT2D eigenvalue weighted by atomic mass is 35.5. The largest absolute Gasteiger partial charge is 0.327 e. The van der Waals surface area contributed by atoms with E-state index in [0.29, 0.717) is 18.0 Å². The number of hydrogen-bond acceptors (Lipinski definition) is 4. The van der Waals surface area contributed by atoms with Gasteiger partial charge in [0.05, 0.1) is 12.6 Å². The maximum absolute atomic E-state index is 13.4. The van der Waals surface area contributed by atoms with Gasteiger partial charge in [0, 0.05) is 10.7 Å². The minimum Gasteiger partial charge on any atom is -0.324 e. The molecule has 2 atom stereocenters. The summed E-state index contributed by atoms with van der Waals surface area (Å²) in [5.74, 6) is -0.530. The molecule has 0 aromatic heterocycles. The van der Waals surface area contributed by atoms with Crippen molar-refractivity contribution in [1.29, 1.82) is 0 Å². The molecule has 2 aliphatic heterocycles. The third-order valence-electron chi connectivity index (χ3n) is 6.07. The number of urea groups is 1. The second-order valence-corrected chi connectivity index (χ2v) is 8.91. The zero-order chi connectivity index (χ0) is 22.8. The predicted octanol–water partition coefficient (Wildman–Crippen LogP) is 3.48. The monoisotopic (exact) mass is 454 g/mol. The van der Waals surface area contributed by atoms with Crippen LogP contribution in [0.5, 0.6) is 0 Å². The molecule has 2 fully saturated rings. The average molecular weight is 455 g/mol. The normalized spacial score (nSPS) is 20.8. The van der Waals surface area contributed by atoms with E-state index >= 15 is 0 Å². The van der Waals surface area contributed by atoms with Gasteiger partial charge in [0.15, 0.2) is 0 Å². The van der Waals surface area contributed by atoms with Gasteiger partial charge in [-0.15, -0.1) is 0 Å². The fourth-order valence-corrected chi connectivity index (χ4v) is 4.46. The van der Waals surface area contributed by atoms with Crippen LogP contribution in [0.2, 0.25) is 5.02 Å². The first kappa shape index (κ1) is 22.3. The number of piperidine rings is 1. The maximum Gasteiger partial charge on any atom is 0.327 e. The summed E-state index contributed by atoms with van der Waals surface area (Å²) in [5.41, 5.74) is 3.51. The van der Waals surface area contributed by atoms with E-state index in [1.807, 2.05) is 32.0 Å². The Hall–Kier alpha value is -2.90. The Labute approximate surface area is 192 Å². The van der Waals surface area contributed by atoms with Gasteiger partial charge in [0.1, 0.15) is 12.6 Å². The van der Waals surface area contributed by atoms with Crippen LogP contribution in [0.15, 0.2) is 42.5 Å². The zero-order valence-corrected chi connectivity index (χ0v) is 19.0. The van der Waals surface area contributed by atoms with Gasteiger partial charge in [-0.25, -0.2) is 4.79 Å². The van der Waals surface area contributed by atoms with Gasteiger partial charge in [-0.05, 0) is 68.1 Å². The Balaban J connectivity index is 1.55. The number of amides is 4. The highest BCUT2D eigenvalue weighted by molar-refractivity contribution is 6.30. The number of carbonyl (C=O) groups excluding carboxylic acids is 3. The fourth-order valence-electron chi connectivity index (χ4n) is 4.34. The average Bonchev–Trinajstić information content (AvgIpc) is 2.78. The molecule has 0 aliphatic carbocycles. The molecule has 2 N–H and O–H groups in total. The van der Waals surface area contributed by atoms with Crippen LogP contribution in [0.1, 0.15) is 29.5 Å². The molecule has 2 aliphatic rings. The molecule has 2 saturated heterocycles. The van der Waals surface area contributed by atoms with Gasteiger partial charge in [-0.1, -0.05) is 35.9 Å². The highest BCUT2D eigenvalue weighted by Crippen LogP contribution is 2.26. The number of nitrogens with zero attached hydrogens (tertiary/aromatic N) is 2. The minimum absolute atomic E-state index is 0.112. The van der Waals surface area contributed by atoms with E-state index in [9.17, 15) is 14.4 Å². The topological polar surface area (TPSA) is 81.8 Å². The van der Waals surface area contributed by atoms with E-state index in [1.165, 1.54) is 9.80 Å². The standard InChI is InChI=1S/C24H27ClN4O3/c1-15-5-6-16(2)19(12-15)27-21(30)14-28-20-4-3-11-26-22(20)23(31)29(24(28)32)13-17-7-9-18(25)10-8-17/h5-10,12,20,22,26H,3-4,11,13-14H2,1-2H3,(H,27,30). The third kappa shape index (κ3) is 4.64. The van der Waals surface area contributed by atoms with Crippen LogP contribution in [-0.4, -0.2) is 52.8 Å². The van der Waals surface area contributed by atoms with Crippen LogP contribution in [0.25, 0.3) is 0 Å². The molecule has 2 aromatic carbocycles. The summed E-state index contributed by atoms with van der Waals surface area (Å²) >= 11 is 5.96. The second kappa shape index (κ2) is 9.30. The number of anilines is 1. The molecule has 8 heteroatoms. The minimum atomic E-state index is -0.512.